The largest absolute Gasteiger partial charge is 0.483 e. The quantitative estimate of drug-likeness (QED) is 0.202. The molecule has 14 aliphatic rings. The van der Waals surface area contributed by atoms with Gasteiger partial charge in [-0.25, -0.2) is 0 Å². The molecule has 6 heteroatoms. The molecule has 5 fully saturated rings. The molecular formula is C59H72BN3OS. The zero-order valence-electron chi connectivity index (χ0n) is 39.4. The first-order valence-electron chi connectivity index (χ1n) is 27.1. The average molecular weight is 882 g/mol. The molecule has 5 aliphatic heterocycles. The molecule has 4 nitrogen and oxygen atoms in total. The van der Waals surface area contributed by atoms with E-state index in [1.807, 2.05) is 5.57 Å². The topological polar surface area (TPSA) is 19.0 Å². The first-order valence-corrected chi connectivity index (χ1v) is 28.0. The van der Waals surface area contributed by atoms with E-state index >= 15 is 0 Å². The Labute approximate surface area is 395 Å². The maximum atomic E-state index is 7.28. The van der Waals surface area contributed by atoms with E-state index in [1.165, 1.54) is 133 Å². The van der Waals surface area contributed by atoms with E-state index in [0.29, 0.717) is 58.4 Å². The molecule has 0 aromatic heterocycles. The molecule has 2 saturated carbocycles. The maximum absolute atomic E-state index is 7.28. The standard InChI is InChI=1S/C59H72BN3OS/c1-58(2)59(32-17-6-18-33-59)46-34-39(38-20-7-3-8-21-38)35-47-55(46)63(58)50-37-42(61(40-22-9-4-10-23-40)41-24-11-5-12-25-41)36-49-53(50)60(47)57-54(45-27-14-16-31-52(45)65-57)62(49)48-29-19-28-44-43-26-13-15-30-51(43)64-56(44)48/h9,13-16,22,24,26-28,30-31,35,37-38,40,42-43,45-46,51-52,54,57H,3-8,10-12,17-21,23,25,29,32-34,36H2,1-2H3. The van der Waals surface area contributed by atoms with Gasteiger partial charge in [0.1, 0.15) is 11.9 Å². The van der Waals surface area contributed by atoms with Gasteiger partial charge in [0.25, 0.3) is 0 Å². The summed E-state index contributed by atoms with van der Waals surface area (Å²) in [4.78, 5) is 9.22. The Morgan fingerprint density at radius 3 is 2.46 bits per heavy atom. The summed E-state index contributed by atoms with van der Waals surface area (Å²) in [6.07, 6.45) is 63.0. The zero-order chi connectivity index (χ0) is 43.0. The third kappa shape index (κ3) is 5.89. The zero-order valence-corrected chi connectivity index (χ0v) is 40.3. The molecule has 0 radical (unpaired) electrons. The van der Waals surface area contributed by atoms with Gasteiger partial charge in [0.15, 0.2) is 0 Å². The predicted molar refractivity (Wildman–Crippen MR) is 269 cm³/mol. The van der Waals surface area contributed by atoms with Gasteiger partial charge in [-0.2, -0.15) is 11.8 Å². The molecule has 338 valence electrons. The van der Waals surface area contributed by atoms with Gasteiger partial charge in [-0.1, -0.05) is 122 Å². The summed E-state index contributed by atoms with van der Waals surface area (Å²) in [7, 11) is 0. The Kier molecular flexibility index (Phi) is 9.68. The van der Waals surface area contributed by atoms with Crippen molar-refractivity contribution in [3.05, 3.63) is 141 Å². The van der Waals surface area contributed by atoms with E-state index in [9.17, 15) is 0 Å². The van der Waals surface area contributed by atoms with Crippen LogP contribution in [0.25, 0.3) is 0 Å². The molecule has 14 rings (SSSR count). The number of hydrogen-bond acceptors (Lipinski definition) is 5. The molecule has 0 bridgehead atoms. The lowest BCUT2D eigenvalue weighted by molar-refractivity contribution is 0.0280. The van der Waals surface area contributed by atoms with E-state index in [0.717, 1.165) is 25.2 Å². The van der Waals surface area contributed by atoms with Gasteiger partial charge >= 0.3 is 0 Å². The van der Waals surface area contributed by atoms with Crippen LogP contribution in [0.4, 0.5) is 0 Å². The summed E-state index contributed by atoms with van der Waals surface area (Å²) in [6, 6.07) is 1.15. The number of ether oxygens (including phenoxy) is 1. The Hall–Kier alpha value is -3.51. The maximum Gasteiger partial charge on any atom is 0.232 e. The first-order chi connectivity index (χ1) is 32.0. The van der Waals surface area contributed by atoms with Crippen molar-refractivity contribution in [1.82, 2.24) is 14.7 Å². The molecule has 0 N–H and O–H groups in total. The highest BCUT2D eigenvalue weighted by molar-refractivity contribution is 8.02. The molecule has 1 spiro atoms. The van der Waals surface area contributed by atoms with Crippen LogP contribution >= 0.6 is 11.8 Å². The fourth-order valence-electron chi connectivity index (χ4n) is 17.3. The Bertz CT molecular complexity index is 2420. The number of nitrogens with zero attached hydrogens (tertiary/aromatic N) is 3. The van der Waals surface area contributed by atoms with Gasteiger partial charge in [-0.05, 0) is 127 Å². The molecule has 0 aromatic carbocycles. The molecule has 0 aromatic rings. The lowest BCUT2D eigenvalue weighted by Crippen LogP contribution is -2.61. The van der Waals surface area contributed by atoms with Gasteiger partial charge in [-0.3, -0.25) is 0 Å². The van der Waals surface area contributed by atoms with Crippen LogP contribution in [0.1, 0.15) is 149 Å². The lowest BCUT2D eigenvalue weighted by atomic mass is 9.30. The van der Waals surface area contributed by atoms with Gasteiger partial charge in [0.2, 0.25) is 6.71 Å². The molecule has 0 amide bonds. The Morgan fingerprint density at radius 1 is 0.769 bits per heavy atom. The normalized spacial score (nSPS) is 38.1. The molecule has 65 heavy (non-hydrogen) atoms. The van der Waals surface area contributed by atoms with Crippen LogP contribution in [0.5, 0.6) is 0 Å². The molecule has 9 unspecified atom stereocenters. The third-order valence-electron chi connectivity index (χ3n) is 20.1. The smallest absolute Gasteiger partial charge is 0.232 e. The van der Waals surface area contributed by atoms with Crippen molar-refractivity contribution in [2.75, 3.05) is 0 Å². The van der Waals surface area contributed by atoms with Gasteiger partial charge in [0, 0.05) is 86.0 Å². The van der Waals surface area contributed by atoms with Crippen molar-refractivity contribution in [1.29, 1.82) is 0 Å². The summed E-state index contributed by atoms with van der Waals surface area (Å²) in [5, 5.41) is 0.966. The van der Waals surface area contributed by atoms with E-state index in [2.05, 4.69) is 125 Å². The Balaban J connectivity index is 1.04. The van der Waals surface area contributed by atoms with E-state index in [4.69, 9.17) is 4.74 Å². The molecule has 9 atom stereocenters. The van der Waals surface area contributed by atoms with Crippen LogP contribution < -0.4 is 0 Å². The van der Waals surface area contributed by atoms with E-state index in [-0.39, 0.29) is 11.6 Å². The summed E-state index contributed by atoms with van der Waals surface area (Å²) >= 11 is 2.36. The SMILES string of the molecule is CC1(C)N2C3=CC(N(C4=CCCCC4)C4C=CCCC4)CC4=C3B(C3=C2C(CC(C2CCCCC2)=C3)C12CCCCC2)C1SC2C=CC=CC2C1N4C1=C2OC3C=CC=CC3C2=CCC1. The van der Waals surface area contributed by atoms with Crippen LogP contribution in [0.15, 0.2) is 141 Å². The second kappa shape index (κ2) is 15.5. The van der Waals surface area contributed by atoms with Gasteiger partial charge in [0.05, 0.1) is 11.7 Å². The van der Waals surface area contributed by atoms with Gasteiger partial charge in [-0.15, -0.1) is 0 Å². The van der Waals surface area contributed by atoms with Crippen molar-refractivity contribution in [3.63, 3.8) is 0 Å². The van der Waals surface area contributed by atoms with Crippen LogP contribution in [0.2, 0.25) is 0 Å². The molecular weight excluding hydrogens is 810 g/mol. The highest BCUT2D eigenvalue weighted by Crippen LogP contribution is 2.70. The van der Waals surface area contributed by atoms with Crippen molar-refractivity contribution < 1.29 is 4.74 Å². The van der Waals surface area contributed by atoms with E-state index in [1.54, 1.807) is 33.7 Å². The molecule has 9 aliphatic carbocycles. The average Bonchev–Trinajstić information content (AvgIpc) is 3.99. The summed E-state index contributed by atoms with van der Waals surface area (Å²) in [6.45, 7) is 5.90. The summed E-state index contributed by atoms with van der Waals surface area (Å²) in [5.74, 6) is 3.40. The van der Waals surface area contributed by atoms with Crippen LogP contribution in [-0.4, -0.2) is 61.6 Å². The number of fused-ring (bicyclic) bond motifs is 10. The van der Waals surface area contributed by atoms with Crippen molar-refractivity contribution in [3.8, 4) is 0 Å². The fraction of sp³-hybridized carbons (Fsp3) is 0.593. The highest BCUT2D eigenvalue weighted by Gasteiger charge is 2.68. The van der Waals surface area contributed by atoms with Crippen molar-refractivity contribution >= 4 is 18.5 Å². The molecule has 3 saturated heterocycles. The Morgan fingerprint density at radius 2 is 1.62 bits per heavy atom. The van der Waals surface area contributed by atoms with E-state index < -0.39 is 0 Å². The minimum Gasteiger partial charge on any atom is -0.483 e. The second-order valence-electron chi connectivity index (χ2n) is 23.3. The number of hydrogen-bond donors (Lipinski definition) is 0. The summed E-state index contributed by atoms with van der Waals surface area (Å²) < 4.78 is 7.28. The van der Waals surface area contributed by atoms with Crippen molar-refractivity contribution in [2.45, 2.75) is 189 Å². The summed E-state index contributed by atoms with van der Waals surface area (Å²) in [5.41, 5.74) is 15.3. The van der Waals surface area contributed by atoms with Crippen LogP contribution in [0, 0.1) is 29.1 Å². The van der Waals surface area contributed by atoms with Crippen LogP contribution in [-0.2, 0) is 4.74 Å². The predicted octanol–water partition coefficient (Wildman–Crippen LogP) is 13.7. The number of allylic oxidation sites excluding steroid dienone is 15. The van der Waals surface area contributed by atoms with Crippen molar-refractivity contribution in [2.24, 2.45) is 29.1 Å². The fourth-order valence-corrected chi connectivity index (χ4v) is 19.2. The monoisotopic (exact) mass is 882 g/mol. The minimum atomic E-state index is 0.0283. The van der Waals surface area contributed by atoms with Gasteiger partial charge < -0.3 is 19.4 Å². The minimum absolute atomic E-state index is 0.0283. The van der Waals surface area contributed by atoms with Crippen LogP contribution in [0.3, 0.4) is 0 Å². The highest BCUT2D eigenvalue weighted by atomic mass is 32.2. The molecule has 5 heterocycles. The third-order valence-corrected chi connectivity index (χ3v) is 21.7. The first kappa shape index (κ1) is 40.6. The second-order valence-corrected chi connectivity index (χ2v) is 24.7. The number of rotatable bonds is 5. The lowest BCUT2D eigenvalue weighted by Gasteiger charge is -2.57. The number of thioether (sulfide) groups is 1.